The van der Waals surface area contributed by atoms with Crippen molar-refractivity contribution in [2.75, 3.05) is 10.0 Å². The van der Waals surface area contributed by atoms with Gasteiger partial charge in [0.15, 0.2) is 0 Å². The number of aryl methyl sites for hydroxylation is 2. The molecule has 4 rings (SSSR count). The third kappa shape index (κ3) is 4.84. The number of hydrogen-bond acceptors (Lipinski definition) is 6. The number of hydrogen-bond donors (Lipinski definition) is 2. The fraction of sp³-hybridized carbons (Fsp3) is 0.0870. The van der Waals surface area contributed by atoms with E-state index in [0.717, 1.165) is 11.1 Å². The lowest BCUT2D eigenvalue weighted by Crippen LogP contribution is -2.17. The summed E-state index contributed by atoms with van der Waals surface area (Å²) in [7, 11) is -3.87. The normalized spacial score (nSPS) is 11.2. The van der Waals surface area contributed by atoms with Gasteiger partial charge in [0, 0.05) is 16.8 Å². The number of aromatic nitrogens is 2. The van der Waals surface area contributed by atoms with Crippen molar-refractivity contribution in [2.24, 2.45) is 0 Å². The molecular weight excluding hydrogens is 444 g/mol. The number of carbonyl (C=O) groups excluding carboxylic acids is 1. The van der Waals surface area contributed by atoms with Crippen LogP contribution in [0.5, 0.6) is 0 Å². The average molecular weight is 465 g/mol. The molecule has 1 amide bonds. The predicted molar refractivity (Wildman–Crippen MR) is 126 cm³/mol. The van der Waals surface area contributed by atoms with E-state index < -0.39 is 15.9 Å². The lowest BCUT2D eigenvalue weighted by atomic mass is 10.1. The van der Waals surface area contributed by atoms with Crippen molar-refractivity contribution in [3.05, 3.63) is 89.5 Å². The highest BCUT2D eigenvalue weighted by Gasteiger charge is 2.20. The van der Waals surface area contributed by atoms with Crippen LogP contribution in [-0.4, -0.2) is 24.5 Å². The van der Waals surface area contributed by atoms with Crippen molar-refractivity contribution in [2.45, 2.75) is 18.7 Å². The van der Waals surface area contributed by atoms with Crippen LogP contribution in [0.2, 0.25) is 0 Å². The third-order valence-corrected chi connectivity index (χ3v) is 7.12. The first kappa shape index (κ1) is 21.7. The van der Waals surface area contributed by atoms with Crippen LogP contribution in [0, 0.1) is 13.8 Å². The standard InChI is InChI=1S/C23H20N4O3S2/c1-15-8-12-19(13-9-15)27-32(29,30)20-14-18(11-10-16(20)2)21(28)24-23-26-25-22(31-23)17-6-4-3-5-7-17/h3-14,27H,1-2H3,(H,24,26,28). The van der Waals surface area contributed by atoms with E-state index in [0.29, 0.717) is 21.4 Å². The van der Waals surface area contributed by atoms with Crippen LogP contribution in [0.15, 0.2) is 77.7 Å². The van der Waals surface area contributed by atoms with Gasteiger partial charge in [0.2, 0.25) is 5.13 Å². The van der Waals surface area contributed by atoms with Gasteiger partial charge in [-0.2, -0.15) is 0 Å². The van der Waals surface area contributed by atoms with Crippen LogP contribution >= 0.6 is 11.3 Å². The van der Waals surface area contributed by atoms with Gasteiger partial charge in [-0.05, 0) is 43.7 Å². The maximum absolute atomic E-state index is 12.9. The van der Waals surface area contributed by atoms with Gasteiger partial charge in [-0.15, -0.1) is 10.2 Å². The van der Waals surface area contributed by atoms with Crippen molar-refractivity contribution in [1.82, 2.24) is 10.2 Å². The Labute approximate surface area is 190 Å². The molecule has 0 spiro atoms. The van der Waals surface area contributed by atoms with Crippen LogP contribution in [-0.2, 0) is 10.0 Å². The zero-order valence-electron chi connectivity index (χ0n) is 17.4. The van der Waals surface area contributed by atoms with Gasteiger partial charge < -0.3 is 0 Å². The number of anilines is 2. The lowest BCUT2D eigenvalue weighted by Gasteiger charge is -2.12. The predicted octanol–water partition coefficient (Wildman–Crippen LogP) is 4.88. The number of amides is 1. The SMILES string of the molecule is Cc1ccc(NS(=O)(=O)c2cc(C(=O)Nc3nnc(-c4ccccc4)s3)ccc2C)cc1. The maximum Gasteiger partial charge on any atom is 0.262 e. The fourth-order valence-corrected chi connectivity index (χ4v) is 5.08. The first-order valence-electron chi connectivity index (χ1n) is 9.72. The summed E-state index contributed by atoms with van der Waals surface area (Å²) >= 11 is 1.24. The molecule has 9 heteroatoms. The van der Waals surface area contributed by atoms with Gasteiger partial charge in [0.05, 0.1) is 4.90 Å². The average Bonchev–Trinajstić information content (AvgIpc) is 3.24. The summed E-state index contributed by atoms with van der Waals surface area (Å²) in [5, 5.41) is 11.8. The topological polar surface area (TPSA) is 101 Å². The Hall–Kier alpha value is -3.56. The van der Waals surface area contributed by atoms with Crippen LogP contribution in [0.1, 0.15) is 21.5 Å². The Bertz CT molecular complexity index is 1370. The molecular formula is C23H20N4O3S2. The number of benzene rings is 3. The number of sulfonamides is 1. The number of nitrogens with one attached hydrogen (secondary N) is 2. The second-order valence-corrected chi connectivity index (χ2v) is 9.81. The van der Waals surface area contributed by atoms with E-state index >= 15 is 0 Å². The summed E-state index contributed by atoms with van der Waals surface area (Å²) in [5.41, 5.74) is 3.11. The zero-order chi connectivity index (χ0) is 22.7. The Morgan fingerprint density at radius 2 is 1.62 bits per heavy atom. The molecule has 1 aromatic heterocycles. The van der Waals surface area contributed by atoms with Crippen molar-refractivity contribution in [1.29, 1.82) is 0 Å². The highest BCUT2D eigenvalue weighted by molar-refractivity contribution is 7.92. The number of carbonyl (C=O) groups is 1. The van der Waals surface area contributed by atoms with Gasteiger partial charge in [-0.3, -0.25) is 14.8 Å². The first-order valence-corrected chi connectivity index (χ1v) is 12.0. The maximum atomic E-state index is 12.9. The number of rotatable bonds is 6. The van der Waals surface area contributed by atoms with Crippen LogP contribution in [0.25, 0.3) is 10.6 Å². The van der Waals surface area contributed by atoms with E-state index in [2.05, 4.69) is 20.2 Å². The lowest BCUT2D eigenvalue weighted by molar-refractivity contribution is 0.102. The van der Waals surface area contributed by atoms with E-state index in [-0.39, 0.29) is 10.5 Å². The smallest absolute Gasteiger partial charge is 0.262 e. The van der Waals surface area contributed by atoms with E-state index in [4.69, 9.17) is 0 Å². The van der Waals surface area contributed by atoms with Crippen molar-refractivity contribution in [3.8, 4) is 10.6 Å². The van der Waals surface area contributed by atoms with Crippen LogP contribution in [0.3, 0.4) is 0 Å². The van der Waals surface area contributed by atoms with Crippen molar-refractivity contribution in [3.63, 3.8) is 0 Å². The first-order chi connectivity index (χ1) is 15.3. The van der Waals surface area contributed by atoms with E-state index in [1.807, 2.05) is 49.4 Å². The molecule has 0 radical (unpaired) electrons. The molecule has 0 saturated carbocycles. The molecule has 0 bridgehead atoms. The summed E-state index contributed by atoms with van der Waals surface area (Å²) in [6.07, 6.45) is 0. The van der Waals surface area contributed by atoms with Gasteiger partial charge in [-0.1, -0.05) is 65.4 Å². The van der Waals surface area contributed by atoms with Crippen molar-refractivity contribution >= 4 is 38.1 Å². The molecule has 0 aliphatic carbocycles. The van der Waals surface area contributed by atoms with Gasteiger partial charge in [0.25, 0.3) is 15.9 Å². The molecule has 0 atom stereocenters. The Balaban J connectivity index is 1.55. The van der Waals surface area contributed by atoms with Crippen molar-refractivity contribution < 1.29 is 13.2 Å². The minimum absolute atomic E-state index is 0.0352. The monoisotopic (exact) mass is 464 g/mol. The van der Waals surface area contributed by atoms with E-state index in [1.165, 1.54) is 17.4 Å². The fourth-order valence-electron chi connectivity index (χ4n) is 3.00. The minimum Gasteiger partial charge on any atom is -0.296 e. The summed E-state index contributed by atoms with van der Waals surface area (Å²) in [6.45, 7) is 3.60. The molecule has 32 heavy (non-hydrogen) atoms. The molecule has 3 aromatic carbocycles. The van der Waals surface area contributed by atoms with E-state index in [9.17, 15) is 13.2 Å². The molecule has 2 N–H and O–H groups in total. The summed E-state index contributed by atoms with van der Waals surface area (Å²) < 4.78 is 28.4. The highest BCUT2D eigenvalue weighted by Crippen LogP contribution is 2.27. The Kier molecular flexibility index (Phi) is 6.02. The Morgan fingerprint density at radius 3 is 2.34 bits per heavy atom. The van der Waals surface area contributed by atoms with E-state index in [1.54, 1.807) is 31.2 Å². The third-order valence-electron chi connectivity index (χ3n) is 4.71. The molecule has 0 fully saturated rings. The second kappa shape index (κ2) is 8.89. The molecule has 0 unspecified atom stereocenters. The molecule has 4 aromatic rings. The number of nitrogens with zero attached hydrogens (tertiary/aromatic N) is 2. The molecule has 162 valence electrons. The summed E-state index contributed by atoms with van der Waals surface area (Å²) in [4.78, 5) is 12.8. The quantitative estimate of drug-likeness (QED) is 0.424. The highest BCUT2D eigenvalue weighted by atomic mass is 32.2. The van der Waals surface area contributed by atoms with Gasteiger partial charge in [0.1, 0.15) is 5.01 Å². The van der Waals surface area contributed by atoms with Crippen LogP contribution in [0.4, 0.5) is 10.8 Å². The summed E-state index contributed by atoms with van der Waals surface area (Å²) in [6, 6.07) is 21.1. The largest absolute Gasteiger partial charge is 0.296 e. The molecule has 1 heterocycles. The van der Waals surface area contributed by atoms with Gasteiger partial charge in [-0.25, -0.2) is 8.42 Å². The molecule has 0 aliphatic rings. The molecule has 0 aliphatic heterocycles. The second-order valence-electron chi connectivity index (χ2n) is 7.18. The Morgan fingerprint density at radius 1 is 0.906 bits per heavy atom. The zero-order valence-corrected chi connectivity index (χ0v) is 19.0. The minimum atomic E-state index is -3.87. The van der Waals surface area contributed by atoms with Gasteiger partial charge >= 0.3 is 0 Å². The molecule has 7 nitrogen and oxygen atoms in total. The van der Waals surface area contributed by atoms with Crippen LogP contribution < -0.4 is 10.0 Å². The molecule has 0 saturated heterocycles. The summed E-state index contributed by atoms with van der Waals surface area (Å²) in [5.74, 6) is -0.465.